The van der Waals surface area contributed by atoms with Crippen molar-refractivity contribution in [2.45, 2.75) is 45.1 Å². The van der Waals surface area contributed by atoms with Gasteiger partial charge in [0.2, 0.25) is 5.91 Å². The molecule has 2 aromatic rings. The number of anilines is 1. The minimum absolute atomic E-state index is 0.162. The van der Waals surface area contributed by atoms with Crippen molar-refractivity contribution in [3.8, 4) is 0 Å². The van der Waals surface area contributed by atoms with E-state index < -0.39 is 15.6 Å². The van der Waals surface area contributed by atoms with Crippen LogP contribution in [0.15, 0.2) is 53.4 Å². The van der Waals surface area contributed by atoms with Crippen LogP contribution in [-0.2, 0) is 14.8 Å². The number of benzene rings is 2. The average molecular weight is 375 g/mol. The zero-order valence-corrected chi connectivity index (χ0v) is 16.7. The van der Waals surface area contributed by atoms with E-state index in [1.54, 1.807) is 36.4 Å². The first kappa shape index (κ1) is 20.0. The first-order valence-corrected chi connectivity index (χ1v) is 9.91. The minimum atomic E-state index is -3.87. The standard InChI is InChI=1S/C20H26N2O3S/c1-15-10-12-17(13-11-15)26(24,25)22(14-19(23)21-20(3,4)5)18-9-7-6-8-16(18)2/h6-13H,14H2,1-5H3,(H,21,23). The molecule has 2 rings (SSSR count). The second kappa shape index (κ2) is 7.50. The zero-order chi connectivity index (χ0) is 19.5. The first-order valence-electron chi connectivity index (χ1n) is 8.47. The van der Waals surface area contributed by atoms with Crippen molar-refractivity contribution < 1.29 is 13.2 Å². The molecule has 0 fully saturated rings. The Morgan fingerprint density at radius 2 is 1.58 bits per heavy atom. The van der Waals surface area contributed by atoms with Gasteiger partial charge in [0.05, 0.1) is 10.6 Å². The molecule has 0 spiro atoms. The largest absolute Gasteiger partial charge is 0.350 e. The molecule has 0 aliphatic heterocycles. The molecule has 5 nitrogen and oxygen atoms in total. The van der Waals surface area contributed by atoms with Gasteiger partial charge in [-0.15, -0.1) is 0 Å². The van der Waals surface area contributed by atoms with Gasteiger partial charge in [0.25, 0.3) is 10.0 Å². The predicted octanol–water partition coefficient (Wildman–Crippen LogP) is 3.41. The molecule has 2 aromatic carbocycles. The van der Waals surface area contributed by atoms with Crippen LogP contribution < -0.4 is 9.62 Å². The van der Waals surface area contributed by atoms with Crippen molar-refractivity contribution >= 4 is 21.6 Å². The Morgan fingerprint density at radius 3 is 2.12 bits per heavy atom. The summed E-state index contributed by atoms with van der Waals surface area (Å²) >= 11 is 0. The van der Waals surface area contributed by atoms with E-state index in [0.717, 1.165) is 11.1 Å². The molecule has 0 aromatic heterocycles. The summed E-state index contributed by atoms with van der Waals surface area (Å²) < 4.78 is 27.7. The molecular formula is C20H26N2O3S. The van der Waals surface area contributed by atoms with Crippen molar-refractivity contribution in [3.63, 3.8) is 0 Å². The van der Waals surface area contributed by atoms with Gasteiger partial charge in [0.1, 0.15) is 6.54 Å². The van der Waals surface area contributed by atoms with Crippen LogP contribution in [0.1, 0.15) is 31.9 Å². The lowest BCUT2D eigenvalue weighted by molar-refractivity contribution is -0.121. The molecular weight excluding hydrogens is 348 g/mol. The average Bonchev–Trinajstić information content (AvgIpc) is 2.52. The Morgan fingerprint density at radius 1 is 1.00 bits per heavy atom. The minimum Gasteiger partial charge on any atom is -0.350 e. The van der Waals surface area contributed by atoms with Crippen LogP contribution in [0.5, 0.6) is 0 Å². The van der Waals surface area contributed by atoms with Crippen molar-refractivity contribution in [3.05, 3.63) is 59.7 Å². The monoisotopic (exact) mass is 374 g/mol. The van der Waals surface area contributed by atoms with E-state index in [1.807, 2.05) is 46.8 Å². The Labute approximate surface area is 156 Å². The van der Waals surface area contributed by atoms with Gasteiger partial charge in [-0.05, 0) is 58.4 Å². The molecule has 140 valence electrons. The fourth-order valence-electron chi connectivity index (χ4n) is 2.57. The molecule has 6 heteroatoms. The van der Waals surface area contributed by atoms with Crippen LogP contribution in [0.2, 0.25) is 0 Å². The summed E-state index contributed by atoms with van der Waals surface area (Å²) in [7, 11) is -3.87. The van der Waals surface area contributed by atoms with E-state index in [4.69, 9.17) is 0 Å². The van der Waals surface area contributed by atoms with E-state index in [1.165, 1.54) is 4.31 Å². The topological polar surface area (TPSA) is 66.5 Å². The molecule has 26 heavy (non-hydrogen) atoms. The second-order valence-electron chi connectivity index (χ2n) is 7.41. The number of hydrogen-bond acceptors (Lipinski definition) is 3. The lowest BCUT2D eigenvalue weighted by atomic mass is 10.1. The van der Waals surface area contributed by atoms with Gasteiger partial charge in [-0.3, -0.25) is 9.10 Å². The summed E-state index contributed by atoms with van der Waals surface area (Å²) in [6.07, 6.45) is 0. The summed E-state index contributed by atoms with van der Waals surface area (Å²) in [5.41, 5.74) is 1.81. The lowest BCUT2D eigenvalue weighted by Gasteiger charge is -2.28. The Balaban J connectivity index is 2.48. The highest BCUT2D eigenvalue weighted by atomic mass is 32.2. The van der Waals surface area contributed by atoms with Crippen molar-refractivity contribution in [1.29, 1.82) is 0 Å². The second-order valence-corrected chi connectivity index (χ2v) is 9.27. The Kier molecular flexibility index (Phi) is 5.76. The smallest absolute Gasteiger partial charge is 0.264 e. The van der Waals surface area contributed by atoms with Gasteiger partial charge in [-0.25, -0.2) is 8.42 Å². The van der Waals surface area contributed by atoms with E-state index in [0.29, 0.717) is 5.69 Å². The van der Waals surface area contributed by atoms with E-state index >= 15 is 0 Å². The number of rotatable bonds is 5. The van der Waals surface area contributed by atoms with Gasteiger partial charge >= 0.3 is 0 Å². The molecule has 0 aliphatic carbocycles. The molecule has 0 saturated carbocycles. The highest BCUT2D eigenvalue weighted by molar-refractivity contribution is 7.92. The summed E-state index contributed by atoms with van der Waals surface area (Å²) in [5.74, 6) is -0.351. The third-order valence-electron chi connectivity index (χ3n) is 3.79. The highest BCUT2D eigenvalue weighted by Gasteiger charge is 2.29. The number of carbonyl (C=O) groups is 1. The molecule has 0 saturated heterocycles. The van der Waals surface area contributed by atoms with Crippen molar-refractivity contribution in [2.24, 2.45) is 0 Å². The molecule has 1 N–H and O–H groups in total. The van der Waals surface area contributed by atoms with Crippen LogP contribution in [0.25, 0.3) is 0 Å². The summed E-state index contributed by atoms with van der Waals surface area (Å²) in [5, 5.41) is 2.83. The summed E-state index contributed by atoms with van der Waals surface area (Å²) in [6, 6.07) is 13.8. The summed E-state index contributed by atoms with van der Waals surface area (Å²) in [4.78, 5) is 12.6. The molecule has 0 atom stereocenters. The fourth-order valence-corrected chi connectivity index (χ4v) is 4.05. The first-order chi connectivity index (χ1) is 12.0. The van der Waals surface area contributed by atoms with Gasteiger partial charge in [0.15, 0.2) is 0 Å². The fraction of sp³-hybridized carbons (Fsp3) is 0.350. The molecule has 0 bridgehead atoms. The lowest BCUT2D eigenvalue weighted by Crippen LogP contribution is -2.47. The highest BCUT2D eigenvalue weighted by Crippen LogP contribution is 2.26. The number of sulfonamides is 1. The quantitative estimate of drug-likeness (QED) is 0.872. The van der Waals surface area contributed by atoms with E-state index in [2.05, 4.69) is 5.32 Å². The normalized spacial score (nSPS) is 11.9. The molecule has 0 heterocycles. The summed E-state index contributed by atoms with van der Waals surface area (Å²) in [6.45, 7) is 9.02. The Bertz CT molecular complexity index is 882. The predicted molar refractivity (Wildman–Crippen MR) is 105 cm³/mol. The number of nitrogens with one attached hydrogen (secondary N) is 1. The number of carbonyl (C=O) groups excluding carboxylic acids is 1. The maximum Gasteiger partial charge on any atom is 0.264 e. The Hall–Kier alpha value is -2.34. The van der Waals surface area contributed by atoms with Crippen LogP contribution >= 0.6 is 0 Å². The molecule has 0 aliphatic rings. The van der Waals surface area contributed by atoms with Crippen molar-refractivity contribution in [1.82, 2.24) is 5.32 Å². The van der Waals surface area contributed by atoms with Gasteiger partial charge in [-0.2, -0.15) is 0 Å². The van der Waals surface area contributed by atoms with Gasteiger partial charge in [0, 0.05) is 5.54 Å². The molecule has 0 radical (unpaired) electrons. The van der Waals surface area contributed by atoms with E-state index in [9.17, 15) is 13.2 Å². The number of nitrogens with zero attached hydrogens (tertiary/aromatic N) is 1. The van der Waals surface area contributed by atoms with Crippen LogP contribution in [-0.4, -0.2) is 26.4 Å². The maximum atomic E-state index is 13.2. The van der Waals surface area contributed by atoms with Crippen LogP contribution in [0.3, 0.4) is 0 Å². The van der Waals surface area contributed by atoms with Crippen LogP contribution in [0, 0.1) is 13.8 Å². The number of hydrogen-bond donors (Lipinski definition) is 1. The third-order valence-corrected chi connectivity index (χ3v) is 5.57. The van der Waals surface area contributed by atoms with Crippen LogP contribution in [0.4, 0.5) is 5.69 Å². The number of amides is 1. The van der Waals surface area contributed by atoms with Crippen molar-refractivity contribution in [2.75, 3.05) is 10.8 Å². The van der Waals surface area contributed by atoms with Gasteiger partial charge in [-0.1, -0.05) is 35.9 Å². The third kappa shape index (κ3) is 4.85. The molecule has 1 amide bonds. The van der Waals surface area contributed by atoms with Gasteiger partial charge < -0.3 is 5.32 Å². The zero-order valence-electron chi connectivity index (χ0n) is 15.9. The SMILES string of the molecule is Cc1ccc(S(=O)(=O)N(CC(=O)NC(C)(C)C)c2ccccc2C)cc1. The molecule has 0 unspecified atom stereocenters. The number of aryl methyl sites for hydroxylation is 2. The van der Waals surface area contributed by atoms with E-state index in [-0.39, 0.29) is 17.3 Å². The maximum absolute atomic E-state index is 13.2. The number of para-hydroxylation sites is 1.